The molecule has 110 valence electrons. The molecule has 1 heterocycles. The van der Waals surface area contributed by atoms with E-state index in [1.165, 1.54) is 24.0 Å². The number of halogens is 1. The molecule has 3 nitrogen and oxygen atoms in total. The lowest BCUT2D eigenvalue weighted by molar-refractivity contribution is 0.683. The highest BCUT2D eigenvalue weighted by Crippen LogP contribution is 2.22. The van der Waals surface area contributed by atoms with E-state index >= 15 is 0 Å². The van der Waals surface area contributed by atoms with Gasteiger partial charge in [0.15, 0.2) is 0 Å². The third-order valence-electron chi connectivity index (χ3n) is 3.70. The lowest BCUT2D eigenvalue weighted by Gasteiger charge is -2.21. The second-order valence-corrected chi connectivity index (χ2v) is 6.06. The van der Waals surface area contributed by atoms with Crippen molar-refractivity contribution in [1.82, 2.24) is 10.3 Å². The largest absolute Gasteiger partial charge is 0.355 e. The van der Waals surface area contributed by atoms with Gasteiger partial charge in [0.1, 0.15) is 5.82 Å². The second kappa shape index (κ2) is 6.46. The number of nitrogens with one attached hydrogen (secondary N) is 1. The second-order valence-electron chi connectivity index (χ2n) is 5.63. The number of benzene rings is 1. The summed E-state index contributed by atoms with van der Waals surface area (Å²) in [6, 6.07) is 12.8. The molecule has 0 amide bonds. The molecule has 1 aromatic heterocycles. The number of hydrogen-bond acceptors (Lipinski definition) is 3. The van der Waals surface area contributed by atoms with Crippen molar-refractivity contribution >= 4 is 17.4 Å². The molecule has 21 heavy (non-hydrogen) atoms. The lowest BCUT2D eigenvalue weighted by Crippen LogP contribution is -2.22. The molecule has 1 aliphatic carbocycles. The van der Waals surface area contributed by atoms with Crippen molar-refractivity contribution in [3.8, 4) is 0 Å². The van der Waals surface area contributed by atoms with Crippen LogP contribution in [0.2, 0.25) is 5.02 Å². The predicted octanol–water partition coefficient (Wildman–Crippen LogP) is 3.62. The van der Waals surface area contributed by atoms with Gasteiger partial charge in [0.05, 0.1) is 0 Å². The molecule has 4 heteroatoms. The number of pyridine rings is 1. The Bertz CT molecular complexity index is 610. The quantitative estimate of drug-likeness (QED) is 0.883. The van der Waals surface area contributed by atoms with Crippen LogP contribution < -0.4 is 10.2 Å². The van der Waals surface area contributed by atoms with Crippen molar-refractivity contribution in [3.05, 3.63) is 58.7 Å². The fraction of sp³-hybridized carbons (Fsp3) is 0.353. The molecule has 1 N–H and O–H groups in total. The summed E-state index contributed by atoms with van der Waals surface area (Å²) >= 11 is 6.05. The van der Waals surface area contributed by atoms with Crippen molar-refractivity contribution in [2.24, 2.45) is 0 Å². The molecule has 0 spiro atoms. The normalized spacial score (nSPS) is 14.2. The van der Waals surface area contributed by atoms with Crippen LogP contribution in [-0.4, -0.2) is 18.1 Å². The molecule has 3 rings (SSSR count). The van der Waals surface area contributed by atoms with Crippen LogP contribution >= 0.6 is 11.6 Å². The van der Waals surface area contributed by atoms with Gasteiger partial charge < -0.3 is 10.2 Å². The number of rotatable bonds is 6. The molecular formula is C17H20ClN3. The van der Waals surface area contributed by atoms with Crippen LogP contribution in [0.5, 0.6) is 0 Å². The van der Waals surface area contributed by atoms with Crippen LogP contribution in [0.3, 0.4) is 0 Å². The zero-order chi connectivity index (χ0) is 14.7. The number of anilines is 1. The Hall–Kier alpha value is -1.58. The van der Waals surface area contributed by atoms with E-state index < -0.39 is 0 Å². The SMILES string of the molecule is CN(Cc1cccc(Cl)c1)c1ncccc1CNC1CC1. The minimum atomic E-state index is 0.705. The molecule has 0 unspecified atom stereocenters. The van der Waals surface area contributed by atoms with Gasteiger partial charge in [-0.05, 0) is 36.6 Å². The smallest absolute Gasteiger partial charge is 0.133 e. The van der Waals surface area contributed by atoms with Gasteiger partial charge >= 0.3 is 0 Å². The summed E-state index contributed by atoms with van der Waals surface area (Å²) in [6.45, 7) is 1.68. The summed E-state index contributed by atoms with van der Waals surface area (Å²) in [7, 11) is 2.07. The maximum absolute atomic E-state index is 6.05. The summed E-state index contributed by atoms with van der Waals surface area (Å²) in [5.41, 5.74) is 2.44. The van der Waals surface area contributed by atoms with Crippen molar-refractivity contribution < 1.29 is 0 Å². The van der Waals surface area contributed by atoms with Crippen molar-refractivity contribution in [2.45, 2.75) is 32.0 Å². The number of aromatic nitrogens is 1. The van der Waals surface area contributed by atoms with E-state index in [2.05, 4.69) is 34.4 Å². The van der Waals surface area contributed by atoms with Gasteiger partial charge in [0.2, 0.25) is 0 Å². The Balaban J connectivity index is 1.72. The van der Waals surface area contributed by atoms with Crippen LogP contribution in [0.25, 0.3) is 0 Å². The van der Waals surface area contributed by atoms with Gasteiger partial charge in [0.25, 0.3) is 0 Å². The molecular weight excluding hydrogens is 282 g/mol. The van der Waals surface area contributed by atoms with E-state index in [-0.39, 0.29) is 0 Å². The van der Waals surface area contributed by atoms with E-state index in [0.29, 0.717) is 6.04 Å². The Morgan fingerprint density at radius 3 is 2.90 bits per heavy atom. The zero-order valence-electron chi connectivity index (χ0n) is 12.2. The third kappa shape index (κ3) is 3.96. The fourth-order valence-electron chi connectivity index (χ4n) is 2.44. The van der Waals surface area contributed by atoms with Gasteiger partial charge in [-0.25, -0.2) is 4.98 Å². The van der Waals surface area contributed by atoms with Crippen molar-refractivity contribution in [3.63, 3.8) is 0 Å². The third-order valence-corrected chi connectivity index (χ3v) is 3.93. The first-order valence-corrected chi connectivity index (χ1v) is 7.73. The lowest BCUT2D eigenvalue weighted by atomic mass is 10.2. The highest BCUT2D eigenvalue weighted by molar-refractivity contribution is 6.30. The maximum atomic E-state index is 6.05. The van der Waals surface area contributed by atoms with Gasteiger partial charge in [-0.1, -0.05) is 29.8 Å². The molecule has 1 aliphatic rings. The van der Waals surface area contributed by atoms with Crippen LogP contribution in [-0.2, 0) is 13.1 Å². The molecule has 2 aromatic rings. The average Bonchev–Trinajstić information content (AvgIpc) is 3.29. The summed E-state index contributed by atoms with van der Waals surface area (Å²) in [5, 5.41) is 4.33. The van der Waals surface area contributed by atoms with E-state index in [0.717, 1.165) is 23.9 Å². The molecule has 0 aliphatic heterocycles. The van der Waals surface area contributed by atoms with Gasteiger partial charge in [0, 0.05) is 43.0 Å². The van der Waals surface area contributed by atoms with Crippen LogP contribution in [0.15, 0.2) is 42.6 Å². The number of hydrogen-bond donors (Lipinski definition) is 1. The first-order valence-electron chi connectivity index (χ1n) is 7.35. The molecule has 1 fully saturated rings. The van der Waals surface area contributed by atoms with Crippen LogP contribution in [0.1, 0.15) is 24.0 Å². The van der Waals surface area contributed by atoms with Gasteiger partial charge in [-0.15, -0.1) is 0 Å². The molecule has 0 atom stereocenters. The molecule has 0 bridgehead atoms. The zero-order valence-corrected chi connectivity index (χ0v) is 13.0. The molecule has 0 saturated heterocycles. The van der Waals surface area contributed by atoms with E-state index in [4.69, 9.17) is 11.6 Å². The summed E-state index contributed by atoms with van der Waals surface area (Å²) in [6.07, 6.45) is 4.45. The van der Waals surface area contributed by atoms with E-state index in [1.54, 1.807) is 0 Å². The summed E-state index contributed by atoms with van der Waals surface area (Å²) in [5.74, 6) is 1.03. The number of nitrogens with zero attached hydrogens (tertiary/aromatic N) is 2. The van der Waals surface area contributed by atoms with Crippen LogP contribution in [0, 0.1) is 0 Å². The minimum Gasteiger partial charge on any atom is -0.355 e. The molecule has 1 aromatic carbocycles. The Labute approximate surface area is 131 Å². The predicted molar refractivity (Wildman–Crippen MR) is 87.7 cm³/mol. The van der Waals surface area contributed by atoms with Crippen LogP contribution in [0.4, 0.5) is 5.82 Å². The average molecular weight is 302 g/mol. The highest BCUT2D eigenvalue weighted by atomic mass is 35.5. The Kier molecular flexibility index (Phi) is 4.42. The molecule has 1 saturated carbocycles. The monoisotopic (exact) mass is 301 g/mol. The van der Waals surface area contributed by atoms with Crippen molar-refractivity contribution in [2.75, 3.05) is 11.9 Å². The maximum Gasteiger partial charge on any atom is 0.133 e. The highest BCUT2D eigenvalue weighted by Gasteiger charge is 2.21. The Morgan fingerprint density at radius 2 is 2.14 bits per heavy atom. The van der Waals surface area contributed by atoms with Crippen molar-refractivity contribution in [1.29, 1.82) is 0 Å². The Morgan fingerprint density at radius 1 is 1.29 bits per heavy atom. The first-order chi connectivity index (χ1) is 10.2. The van der Waals surface area contributed by atoms with Gasteiger partial charge in [-0.2, -0.15) is 0 Å². The van der Waals surface area contributed by atoms with E-state index in [1.807, 2.05) is 30.5 Å². The standard InChI is InChI=1S/C17H20ClN3/c1-21(12-13-4-2-6-15(18)10-13)17-14(5-3-9-19-17)11-20-16-7-8-16/h2-6,9-10,16,20H,7-8,11-12H2,1H3. The fourth-order valence-corrected chi connectivity index (χ4v) is 2.65. The topological polar surface area (TPSA) is 28.2 Å². The molecule has 0 radical (unpaired) electrons. The van der Waals surface area contributed by atoms with E-state index in [9.17, 15) is 0 Å². The first kappa shape index (κ1) is 14.4. The van der Waals surface area contributed by atoms with Gasteiger partial charge in [-0.3, -0.25) is 0 Å². The summed E-state index contributed by atoms with van der Waals surface area (Å²) in [4.78, 5) is 6.72. The minimum absolute atomic E-state index is 0.705. The summed E-state index contributed by atoms with van der Waals surface area (Å²) < 4.78 is 0.